The topological polar surface area (TPSA) is 37.3 Å². The van der Waals surface area contributed by atoms with Crippen molar-refractivity contribution < 1.29 is 29.4 Å². The molecule has 1 N–H and O–H groups in total. The van der Waals surface area contributed by atoms with Crippen molar-refractivity contribution in [3.05, 3.63) is 6.92 Å². The molecule has 0 bridgehead atoms. The Morgan fingerprint density at radius 3 is 1.53 bits per heavy atom. The summed E-state index contributed by atoms with van der Waals surface area (Å²) in [5.41, 5.74) is -0.100. The second-order valence-electron chi connectivity index (χ2n) is 6.71. The Balaban J connectivity index is -0.000000224. The molecule has 0 aromatic rings. The van der Waals surface area contributed by atoms with Gasteiger partial charge in [-0.2, -0.15) is 6.42 Å². The number of hydrogen-bond donors (Lipinski definition) is 1. The van der Waals surface area contributed by atoms with Gasteiger partial charge in [-0.1, -0.05) is 33.6 Å². The van der Waals surface area contributed by atoms with E-state index in [0.29, 0.717) is 5.41 Å². The third kappa shape index (κ3) is 18.6. The Hall–Kier alpha value is 0.0934. The zero-order chi connectivity index (χ0) is 13.6. The van der Waals surface area contributed by atoms with Gasteiger partial charge >= 0.3 is 5.97 Å². The summed E-state index contributed by atoms with van der Waals surface area (Å²) in [6.45, 7) is 17.9. The fraction of sp³-hybridized carbons (Fsp3) is 0.857. The summed E-state index contributed by atoms with van der Waals surface area (Å²) in [6.07, 6.45) is 2.35. The summed E-state index contributed by atoms with van der Waals surface area (Å²) in [6, 6.07) is 0. The van der Waals surface area contributed by atoms with Crippen molar-refractivity contribution in [3.63, 3.8) is 0 Å². The van der Waals surface area contributed by atoms with Crippen LogP contribution in [0.5, 0.6) is 0 Å². The number of carbonyl (C=O) groups is 1. The maximum absolute atomic E-state index is 10.0. The van der Waals surface area contributed by atoms with Crippen molar-refractivity contribution in [1.82, 2.24) is 0 Å². The van der Waals surface area contributed by atoms with Crippen LogP contribution in [0.2, 0.25) is 0 Å². The molecule has 0 aromatic heterocycles. The Morgan fingerprint density at radius 1 is 1.18 bits per heavy atom. The largest absolute Gasteiger partial charge is 0.481 e. The Bertz CT molecular complexity index is 199. The van der Waals surface area contributed by atoms with E-state index in [-0.39, 0.29) is 19.5 Å². The zero-order valence-electron chi connectivity index (χ0n) is 12.8. The second kappa shape index (κ2) is 9.08. The molecule has 0 spiro atoms. The maximum Gasteiger partial charge on any atom is 0.308 e. The third-order valence-corrected chi connectivity index (χ3v) is 2.10. The Morgan fingerprint density at radius 2 is 1.47 bits per heavy atom. The van der Waals surface area contributed by atoms with Crippen LogP contribution in [0.15, 0.2) is 0 Å². The smallest absolute Gasteiger partial charge is 0.308 e. The van der Waals surface area contributed by atoms with Gasteiger partial charge in [0.15, 0.2) is 0 Å². The summed E-state index contributed by atoms with van der Waals surface area (Å²) in [7, 11) is 0. The number of aliphatic carboxylic acids is 1. The third-order valence-electron chi connectivity index (χ3n) is 2.10. The van der Waals surface area contributed by atoms with Crippen LogP contribution in [0.25, 0.3) is 0 Å². The molecule has 0 aliphatic rings. The normalized spacial score (nSPS) is 12.9. The van der Waals surface area contributed by atoms with Crippen molar-refractivity contribution in [3.8, 4) is 0 Å². The number of hydrogen-bond acceptors (Lipinski definition) is 1. The monoisotopic (exact) mass is 293 g/mol. The average Bonchev–Trinajstić information content (AvgIpc) is 2.00. The molecule has 0 heterocycles. The van der Waals surface area contributed by atoms with Gasteiger partial charge in [0.2, 0.25) is 0 Å². The van der Waals surface area contributed by atoms with Gasteiger partial charge < -0.3 is 12.0 Å². The first-order valence-corrected chi connectivity index (χ1v) is 5.93. The van der Waals surface area contributed by atoms with Crippen LogP contribution < -0.4 is 0 Å². The molecule has 0 aliphatic carbocycles. The molecule has 1 atom stereocenters. The van der Waals surface area contributed by atoms with Crippen LogP contribution in [-0.4, -0.2) is 11.1 Å². The molecule has 1 unspecified atom stereocenters. The molecular formula is C14H29O2Zn-. The molecule has 0 amide bonds. The molecule has 2 nitrogen and oxygen atoms in total. The van der Waals surface area contributed by atoms with Gasteiger partial charge in [0, 0.05) is 19.5 Å². The van der Waals surface area contributed by atoms with Gasteiger partial charge in [0.25, 0.3) is 0 Å². The molecule has 100 valence electrons. The van der Waals surface area contributed by atoms with Gasteiger partial charge in [-0.3, -0.25) is 4.79 Å². The minimum Gasteiger partial charge on any atom is -0.481 e. The van der Waals surface area contributed by atoms with Gasteiger partial charge in [-0.05, 0) is 32.6 Å². The summed E-state index contributed by atoms with van der Waals surface area (Å²) >= 11 is 0. The first kappa shape index (κ1) is 22.3. The van der Waals surface area contributed by atoms with E-state index in [1.807, 2.05) is 0 Å². The molecule has 0 radical (unpaired) electrons. The summed E-state index contributed by atoms with van der Waals surface area (Å²) < 4.78 is 0. The minimum absolute atomic E-state index is 0. The van der Waals surface area contributed by atoms with Crippen molar-refractivity contribution in [2.75, 3.05) is 0 Å². The number of carboxylic acids is 1. The first-order valence-electron chi connectivity index (χ1n) is 5.93. The quantitative estimate of drug-likeness (QED) is 0.605. The van der Waals surface area contributed by atoms with E-state index in [2.05, 4.69) is 34.6 Å². The van der Waals surface area contributed by atoms with E-state index in [1.165, 1.54) is 6.42 Å². The summed E-state index contributed by atoms with van der Waals surface area (Å²) in [5.74, 6) is 0.0255. The number of rotatable bonds is 2. The van der Waals surface area contributed by atoms with E-state index in [4.69, 9.17) is 5.11 Å². The predicted octanol–water partition coefficient (Wildman–Crippen LogP) is 4.40. The standard InChI is InChI=1S/C9H19.C5H10O2.Zn/c1-6-8(2)7-9(3,4)5;1-5(2,3)4(6)7;/h8H,1,6-7H2,2-5H3;1-3H3,(H,6,7);/q-1;;. The molecule has 0 saturated carbocycles. The van der Waals surface area contributed by atoms with E-state index >= 15 is 0 Å². The second-order valence-corrected chi connectivity index (χ2v) is 6.71. The number of carboxylic acid groups (broad SMARTS) is 1. The minimum atomic E-state index is -0.757. The molecule has 3 heteroatoms. The van der Waals surface area contributed by atoms with E-state index in [0.717, 1.165) is 12.3 Å². The maximum atomic E-state index is 10.0. The summed E-state index contributed by atoms with van der Waals surface area (Å²) in [4.78, 5) is 10.0. The van der Waals surface area contributed by atoms with Crippen molar-refractivity contribution >= 4 is 5.97 Å². The molecule has 0 rings (SSSR count). The Labute approximate surface area is 120 Å². The van der Waals surface area contributed by atoms with E-state index < -0.39 is 11.4 Å². The van der Waals surface area contributed by atoms with Crippen molar-refractivity contribution in [2.45, 2.75) is 61.3 Å². The molecule has 0 fully saturated rings. The average molecular weight is 295 g/mol. The van der Waals surface area contributed by atoms with Crippen LogP contribution in [0, 0.1) is 23.7 Å². The van der Waals surface area contributed by atoms with E-state index in [1.54, 1.807) is 20.8 Å². The van der Waals surface area contributed by atoms with E-state index in [9.17, 15) is 4.79 Å². The zero-order valence-corrected chi connectivity index (χ0v) is 15.7. The van der Waals surface area contributed by atoms with Gasteiger partial charge in [0.1, 0.15) is 0 Å². The fourth-order valence-electron chi connectivity index (χ4n) is 1.15. The van der Waals surface area contributed by atoms with Gasteiger partial charge in [-0.25, -0.2) is 0 Å². The SMILES string of the molecule is CC(C)(C)C(=O)O.[CH2-]CC(C)CC(C)(C)C.[Zn]. The van der Waals surface area contributed by atoms with Gasteiger partial charge in [0.05, 0.1) is 5.41 Å². The molecule has 0 aromatic carbocycles. The molecular weight excluding hydrogens is 266 g/mol. The molecule has 17 heavy (non-hydrogen) atoms. The van der Waals surface area contributed by atoms with Crippen LogP contribution in [0.4, 0.5) is 0 Å². The Kier molecular flexibility index (Phi) is 11.9. The fourth-order valence-corrected chi connectivity index (χ4v) is 1.15. The van der Waals surface area contributed by atoms with Crippen LogP contribution in [-0.2, 0) is 24.3 Å². The van der Waals surface area contributed by atoms with Crippen LogP contribution in [0.3, 0.4) is 0 Å². The molecule has 0 saturated heterocycles. The van der Waals surface area contributed by atoms with Crippen molar-refractivity contribution in [1.29, 1.82) is 0 Å². The first-order chi connectivity index (χ1) is 6.90. The van der Waals surface area contributed by atoms with Crippen LogP contribution >= 0.6 is 0 Å². The van der Waals surface area contributed by atoms with Crippen LogP contribution in [0.1, 0.15) is 61.3 Å². The predicted molar refractivity (Wildman–Crippen MR) is 70.3 cm³/mol. The summed E-state index contributed by atoms with van der Waals surface area (Å²) in [5, 5.41) is 8.25. The molecule has 0 aliphatic heterocycles. The van der Waals surface area contributed by atoms with Gasteiger partial charge in [-0.15, -0.1) is 0 Å². The van der Waals surface area contributed by atoms with Crippen molar-refractivity contribution in [2.24, 2.45) is 16.7 Å².